The highest BCUT2D eigenvalue weighted by Gasteiger charge is 2.15. The van der Waals surface area contributed by atoms with Crippen molar-refractivity contribution in [2.45, 2.75) is 5.03 Å². The number of benzene rings is 1. The highest BCUT2D eigenvalue weighted by atomic mass is 79.9. The number of H-pyrrole nitrogens is 1. The van der Waals surface area contributed by atoms with Crippen LogP contribution in [0, 0.1) is 0 Å². The molecule has 0 spiro atoms. The van der Waals surface area contributed by atoms with E-state index in [1.807, 2.05) is 24.3 Å². The van der Waals surface area contributed by atoms with Crippen molar-refractivity contribution in [1.29, 1.82) is 0 Å². The molecule has 0 unspecified atom stereocenters. The predicted octanol–water partition coefficient (Wildman–Crippen LogP) is 1.99. The molecule has 0 aliphatic rings. The highest BCUT2D eigenvalue weighted by Crippen LogP contribution is 2.18. The Morgan fingerprint density at radius 2 is 2.00 bits per heavy atom. The van der Waals surface area contributed by atoms with Crippen molar-refractivity contribution in [3.05, 3.63) is 52.6 Å². The second-order valence-electron chi connectivity index (χ2n) is 4.13. The number of rotatable bonds is 5. The molecule has 1 heterocycles. The molecule has 106 valence electrons. The van der Waals surface area contributed by atoms with E-state index in [9.17, 15) is 8.42 Å². The number of aromatic nitrogens is 2. The number of nitrogens with two attached hydrogens (primary N) is 1. The molecular formula is C13H14BrN3O2S. The van der Waals surface area contributed by atoms with E-state index in [1.165, 1.54) is 12.3 Å². The molecular weight excluding hydrogens is 342 g/mol. The van der Waals surface area contributed by atoms with Gasteiger partial charge in [0, 0.05) is 17.2 Å². The van der Waals surface area contributed by atoms with Gasteiger partial charge in [-0.25, -0.2) is 8.42 Å². The average molecular weight is 356 g/mol. The Morgan fingerprint density at radius 1 is 1.30 bits per heavy atom. The van der Waals surface area contributed by atoms with Gasteiger partial charge in [-0.1, -0.05) is 34.1 Å². The quantitative estimate of drug-likeness (QED) is 0.858. The van der Waals surface area contributed by atoms with Gasteiger partial charge in [0.15, 0.2) is 5.03 Å². The molecule has 0 aliphatic heterocycles. The summed E-state index contributed by atoms with van der Waals surface area (Å²) in [7, 11) is -3.42. The molecule has 2 rings (SSSR count). The average Bonchev–Trinajstić information content (AvgIpc) is 2.96. The van der Waals surface area contributed by atoms with Gasteiger partial charge in [0.2, 0.25) is 9.84 Å². The summed E-state index contributed by atoms with van der Waals surface area (Å²) in [4.78, 5) is 0. The largest absolute Gasteiger partial charge is 0.326 e. The molecule has 0 amide bonds. The minimum Gasteiger partial charge on any atom is -0.326 e. The third-order valence-electron chi connectivity index (χ3n) is 2.78. The fourth-order valence-electron chi connectivity index (χ4n) is 1.70. The Kier molecular flexibility index (Phi) is 4.74. The molecule has 0 radical (unpaired) electrons. The van der Waals surface area contributed by atoms with Gasteiger partial charge in [0.05, 0.1) is 5.75 Å². The van der Waals surface area contributed by atoms with Crippen molar-refractivity contribution in [1.82, 2.24) is 10.2 Å². The van der Waals surface area contributed by atoms with E-state index in [0.717, 1.165) is 15.6 Å². The monoisotopic (exact) mass is 355 g/mol. The number of nitrogens with zero attached hydrogens (tertiary/aromatic N) is 1. The topological polar surface area (TPSA) is 88.8 Å². The molecule has 1 aromatic carbocycles. The zero-order valence-electron chi connectivity index (χ0n) is 10.6. The van der Waals surface area contributed by atoms with Crippen LogP contribution in [0.1, 0.15) is 5.56 Å². The molecule has 0 saturated heterocycles. The second-order valence-corrected chi connectivity index (χ2v) is 7.03. The SMILES string of the molecule is NCC(=CCS(=O)(=O)c1cc[nH]n1)c1ccc(Br)cc1. The van der Waals surface area contributed by atoms with Crippen molar-refractivity contribution < 1.29 is 8.42 Å². The fraction of sp³-hybridized carbons (Fsp3) is 0.154. The Balaban J connectivity index is 2.22. The Morgan fingerprint density at radius 3 is 2.55 bits per heavy atom. The third-order valence-corrected chi connectivity index (χ3v) is 4.78. The van der Waals surface area contributed by atoms with Crippen molar-refractivity contribution >= 4 is 31.3 Å². The van der Waals surface area contributed by atoms with Crippen molar-refractivity contribution in [2.24, 2.45) is 5.73 Å². The third kappa shape index (κ3) is 3.56. The highest BCUT2D eigenvalue weighted by molar-refractivity contribution is 9.10. The van der Waals surface area contributed by atoms with Gasteiger partial charge in [-0.15, -0.1) is 0 Å². The van der Waals surface area contributed by atoms with Crippen molar-refractivity contribution in [3.8, 4) is 0 Å². The first kappa shape index (κ1) is 15.0. The number of hydrogen-bond donors (Lipinski definition) is 2. The van der Waals surface area contributed by atoms with Crippen LogP contribution in [0.4, 0.5) is 0 Å². The van der Waals surface area contributed by atoms with Crippen molar-refractivity contribution in [3.63, 3.8) is 0 Å². The summed E-state index contributed by atoms with van der Waals surface area (Å²) in [5, 5.41) is 6.23. The molecule has 0 bridgehead atoms. The minimum absolute atomic E-state index is 0.0425. The van der Waals surface area contributed by atoms with Gasteiger partial charge in [-0.2, -0.15) is 5.10 Å². The van der Waals surface area contributed by atoms with Gasteiger partial charge in [0.25, 0.3) is 0 Å². The number of hydrogen-bond acceptors (Lipinski definition) is 4. The van der Waals surface area contributed by atoms with Gasteiger partial charge >= 0.3 is 0 Å². The minimum atomic E-state index is -3.42. The van der Waals surface area contributed by atoms with Crippen molar-refractivity contribution in [2.75, 3.05) is 12.3 Å². The van der Waals surface area contributed by atoms with E-state index in [2.05, 4.69) is 26.1 Å². The van der Waals surface area contributed by atoms with Crippen LogP contribution in [0.15, 0.2) is 52.1 Å². The van der Waals surface area contributed by atoms with Crippen LogP contribution in [0.5, 0.6) is 0 Å². The summed E-state index contributed by atoms with van der Waals surface area (Å²) in [6, 6.07) is 9.00. The van der Waals surface area contributed by atoms with E-state index in [-0.39, 0.29) is 17.3 Å². The summed E-state index contributed by atoms with van der Waals surface area (Å²) in [6.07, 6.45) is 3.11. The standard InChI is InChI=1S/C13H14BrN3O2S/c14-12-3-1-10(2-4-12)11(9-15)6-8-20(18,19)13-5-7-16-17-13/h1-7H,8-9,15H2,(H,16,17). The molecule has 0 aliphatic carbocycles. The van der Waals surface area contributed by atoms with Crippen LogP contribution in [0.25, 0.3) is 5.57 Å². The zero-order valence-corrected chi connectivity index (χ0v) is 13.0. The van der Waals surface area contributed by atoms with Gasteiger partial charge in [-0.3, -0.25) is 5.10 Å². The van der Waals surface area contributed by atoms with Gasteiger partial charge in [-0.05, 0) is 29.3 Å². The van der Waals surface area contributed by atoms with E-state index in [1.54, 1.807) is 6.08 Å². The lowest BCUT2D eigenvalue weighted by Gasteiger charge is -2.05. The maximum absolute atomic E-state index is 12.0. The van der Waals surface area contributed by atoms with E-state index < -0.39 is 9.84 Å². The lowest BCUT2D eigenvalue weighted by Crippen LogP contribution is -2.08. The molecule has 3 N–H and O–H groups in total. The summed E-state index contributed by atoms with van der Waals surface area (Å²) >= 11 is 3.36. The van der Waals surface area contributed by atoms with Crippen LogP contribution in [-0.4, -0.2) is 30.9 Å². The molecule has 0 saturated carbocycles. The maximum atomic E-state index is 12.0. The summed E-state index contributed by atoms with van der Waals surface area (Å²) in [6.45, 7) is 0.276. The molecule has 20 heavy (non-hydrogen) atoms. The van der Waals surface area contributed by atoms with Crippen LogP contribution in [0.2, 0.25) is 0 Å². The Labute approximate surface area is 125 Å². The van der Waals surface area contributed by atoms with Crippen LogP contribution in [0.3, 0.4) is 0 Å². The first-order valence-electron chi connectivity index (χ1n) is 5.90. The Hall–Kier alpha value is -1.44. The zero-order chi connectivity index (χ0) is 14.6. The van der Waals surface area contributed by atoms with Gasteiger partial charge in [0.1, 0.15) is 0 Å². The lowest BCUT2D eigenvalue weighted by molar-refractivity contribution is 0.595. The second kappa shape index (κ2) is 6.34. The summed E-state index contributed by atoms with van der Waals surface area (Å²) in [5.74, 6) is -0.125. The fourth-order valence-corrected chi connectivity index (χ4v) is 3.02. The molecule has 7 heteroatoms. The van der Waals surface area contributed by atoms with Crippen LogP contribution >= 0.6 is 15.9 Å². The van der Waals surface area contributed by atoms with Crippen LogP contribution < -0.4 is 5.73 Å². The number of nitrogens with one attached hydrogen (secondary N) is 1. The van der Waals surface area contributed by atoms with E-state index >= 15 is 0 Å². The first-order chi connectivity index (χ1) is 9.53. The molecule has 5 nitrogen and oxygen atoms in total. The predicted molar refractivity (Wildman–Crippen MR) is 81.8 cm³/mol. The Bertz CT molecular complexity index is 692. The molecule has 1 aromatic heterocycles. The molecule has 0 atom stereocenters. The van der Waals surface area contributed by atoms with E-state index in [0.29, 0.717) is 0 Å². The smallest absolute Gasteiger partial charge is 0.200 e. The van der Waals surface area contributed by atoms with Crippen LogP contribution in [-0.2, 0) is 9.84 Å². The number of sulfone groups is 1. The molecule has 0 fully saturated rings. The summed E-state index contributed by atoms with van der Waals surface area (Å²) in [5.41, 5.74) is 7.39. The summed E-state index contributed by atoms with van der Waals surface area (Å²) < 4.78 is 25.0. The molecule has 2 aromatic rings. The first-order valence-corrected chi connectivity index (χ1v) is 8.35. The van der Waals surface area contributed by atoms with Gasteiger partial charge < -0.3 is 5.73 Å². The maximum Gasteiger partial charge on any atom is 0.200 e. The van der Waals surface area contributed by atoms with E-state index in [4.69, 9.17) is 5.73 Å². The number of halogens is 1. The lowest BCUT2D eigenvalue weighted by atomic mass is 10.1. The normalized spacial score (nSPS) is 12.6. The number of aromatic amines is 1.